The number of nitrogens with zero attached hydrogens (tertiary/aromatic N) is 2. The van der Waals surface area contributed by atoms with Crippen LogP contribution in [-0.4, -0.2) is 34.5 Å². The van der Waals surface area contributed by atoms with Gasteiger partial charge in [0.25, 0.3) is 0 Å². The number of piperidine rings is 1. The van der Waals surface area contributed by atoms with Crippen molar-refractivity contribution in [2.24, 2.45) is 0 Å². The lowest BCUT2D eigenvalue weighted by atomic mass is 9.96. The number of imidazole rings is 1. The van der Waals surface area contributed by atoms with Crippen LogP contribution in [0.2, 0.25) is 0 Å². The highest BCUT2D eigenvalue weighted by Gasteiger charge is 2.22. The minimum Gasteiger partial charge on any atom is -0.342 e. The Kier molecular flexibility index (Phi) is 3.89. The first kappa shape index (κ1) is 13.1. The molecule has 3 rings (SSSR count). The number of likely N-dealkylation sites (tertiary alicyclic amines) is 1. The van der Waals surface area contributed by atoms with E-state index in [4.69, 9.17) is 4.98 Å². The van der Waals surface area contributed by atoms with Crippen molar-refractivity contribution in [1.29, 1.82) is 0 Å². The second kappa shape index (κ2) is 5.63. The van der Waals surface area contributed by atoms with Crippen molar-refractivity contribution < 1.29 is 0 Å². The third kappa shape index (κ3) is 2.70. The SMILES string of the molecule is CCCN1CCC(c2nc3c(Br)cccc3[nH]2)CC1. The van der Waals surface area contributed by atoms with Crippen molar-refractivity contribution in [1.82, 2.24) is 14.9 Å². The molecule has 0 aliphatic carbocycles. The fourth-order valence-electron chi connectivity index (χ4n) is 2.96. The molecule has 3 nitrogen and oxygen atoms in total. The Labute approximate surface area is 122 Å². The number of halogens is 1. The highest BCUT2D eigenvalue weighted by molar-refractivity contribution is 9.10. The summed E-state index contributed by atoms with van der Waals surface area (Å²) in [7, 11) is 0. The van der Waals surface area contributed by atoms with Gasteiger partial charge in [0.1, 0.15) is 11.3 Å². The summed E-state index contributed by atoms with van der Waals surface area (Å²) in [6.07, 6.45) is 3.69. The third-order valence-electron chi connectivity index (χ3n) is 4.00. The van der Waals surface area contributed by atoms with E-state index in [2.05, 4.69) is 50.9 Å². The maximum atomic E-state index is 4.79. The molecule has 0 saturated carbocycles. The van der Waals surface area contributed by atoms with Crippen LogP contribution in [0.4, 0.5) is 0 Å². The molecule has 1 aliphatic heterocycles. The normalized spacial score (nSPS) is 18.2. The molecule has 19 heavy (non-hydrogen) atoms. The van der Waals surface area contributed by atoms with Crippen molar-refractivity contribution >= 4 is 27.0 Å². The van der Waals surface area contributed by atoms with Crippen LogP contribution in [0, 0.1) is 0 Å². The molecule has 0 amide bonds. The second-order valence-corrected chi connectivity index (χ2v) is 6.23. The lowest BCUT2D eigenvalue weighted by Gasteiger charge is -2.30. The highest BCUT2D eigenvalue weighted by atomic mass is 79.9. The summed E-state index contributed by atoms with van der Waals surface area (Å²) in [5.41, 5.74) is 2.20. The van der Waals surface area contributed by atoms with E-state index in [1.807, 2.05) is 0 Å². The molecule has 4 heteroatoms. The molecule has 0 spiro atoms. The average Bonchev–Trinajstić information content (AvgIpc) is 2.85. The first-order chi connectivity index (χ1) is 9.28. The maximum absolute atomic E-state index is 4.79. The number of aromatic amines is 1. The third-order valence-corrected chi connectivity index (χ3v) is 4.64. The summed E-state index contributed by atoms with van der Waals surface area (Å²) in [6.45, 7) is 5.90. The molecule has 1 fully saturated rings. The molecule has 102 valence electrons. The molecule has 0 radical (unpaired) electrons. The number of benzene rings is 1. The number of aromatic nitrogens is 2. The molecule has 0 bridgehead atoms. The Bertz CT molecular complexity index is 556. The van der Waals surface area contributed by atoms with Crippen LogP contribution in [0.15, 0.2) is 22.7 Å². The summed E-state index contributed by atoms with van der Waals surface area (Å²) in [6, 6.07) is 6.21. The van der Waals surface area contributed by atoms with E-state index in [1.54, 1.807) is 0 Å². The fourth-order valence-corrected chi connectivity index (χ4v) is 3.41. The number of rotatable bonds is 3. The summed E-state index contributed by atoms with van der Waals surface area (Å²) in [4.78, 5) is 10.8. The van der Waals surface area contributed by atoms with E-state index in [9.17, 15) is 0 Å². The van der Waals surface area contributed by atoms with Crippen LogP contribution in [0.3, 0.4) is 0 Å². The minimum atomic E-state index is 0.590. The summed E-state index contributed by atoms with van der Waals surface area (Å²) >= 11 is 3.57. The van der Waals surface area contributed by atoms with Gasteiger partial charge in [-0.05, 0) is 67.0 Å². The zero-order chi connectivity index (χ0) is 13.2. The number of H-pyrrole nitrogens is 1. The molecule has 1 aromatic carbocycles. The van der Waals surface area contributed by atoms with Crippen molar-refractivity contribution in [2.45, 2.75) is 32.1 Å². The molecule has 1 aromatic heterocycles. The maximum Gasteiger partial charge on any atom is 0.110 e. The Morgan fingerprint density at radius 1 is 1.37 bits per heavy atom. The monoisotopic (exact) mass is 321 g/mol. The average molecular weight is 322 g/mol. The van der Waals surface area contributed by atoms with Crippen LogP contribution < -0.4 is 0 Å². The van der Waals surface area contributed by atoms with Gasteiger partial charge in [0.2, 0.25) is 0 Å². The van der Waals surface area contributed by atoms with Gasteiger partial charge in [-0.25, -0.2) is 4.98 Å². The van der Waals surface area contributed by atoms with Crippen LogP contribution >= 0.6 is 15.9 Å². The molecule has 1 aliphatic rings. The summed E-state index contributed by atoms with van der Waals surface area (Å²) in [5, 5.41) is 0. The molecule has 0 unspecified atom stereocenters. The van der Waals surface area contributed by atoms with Gasteiger partial charge in [-0.15, -0.1) is 0 Å². The number of hydrogen-bond acceptors (Lipinski definition) is 2. The van der Waals surface area contributed by atoms with E-state index in [0.717, 1.165) is 21.3 Å². The molecule has 2 aromatic rings. The lowest BCUT2D eigenvalue weighted by molar-refractivity contribution is 0.210. The van der Waals surface area contributed by atoms with E-state index < -0.39 is 0 Å². The smallest absolute Gasteiger partial charge is 0.110 e. The van der Waals surface area contributed by atoms with Crippen molar-refractivity contribution in [2.75, 3.05) is 19.6 Å². The van der Waals surface area contributed by atoms with Crippen molar-refractivity contribution in [3.05, 3.63) is 28.5 Å². The molecule has 0 atom stereocenters. The standard InChI is InChI=1S/C15H20BrN3/c1-2-8-19-9-6-11(7-10-19)15-17-13-5-3-4-12(16)14(13)18-15/h3-5,11H,2,6-10H2,1H3,(H,17,18). The van der Waals surface area contributed by atoms with Crippen LogP contribution in [-0.2, 0) is 0 Å². The molecular weight excluding hydrogens is 302 g/mol. The van der Waals surface area contributed by atoms with Crippen LogP contribution in [0.5, 0.6) is 0 Å². The van der Waals surface area contributed by atoms with E-state index in [0.29, 0.717) is 5.92 Å². The summed E-state index contributed by atoms with van der Waals surface area (Å²) in [5.74, 6) is 1.76. The Morgan fingerprint density at radius 3 is 2.84 bits per heavy atom. The predicted octanol–water partition coefficient (Wildman–Crippen LogP) is 3.91. The minimum absolute atomic E-state index is 0.590. The number of fused-ring (bicyclic) bond motifs is 1. The molecule has 2 heterocycles. The first-order valence-corrected chi connectivity index (χ1v) is 7.93. The summed E-state index contributed by atoms with van der Waals surface area (Å²) < 4.78 is 1.08. The van der Waals surface area contributed by atoms with E-state index in [-0.39, 0.29) is 0 Å². The Hall–Kier alpha value is -0.870. The number of nitrogens with one attached hydrogen (secondary N) is 1. The van der Waals surface area contributed by atoms with E-state index >= 15 is 0 Å². The van der Waals surface area contributed by atoms with Gasteiger partial charge in [0.15, 0.2) is 0 Å². The Balaban J connectivity index is 1.77. The fraction of sp³-hybridized carbons (Fsp3) is 0.533. The first-order valence-electron chi connectivity index (χ1n) is 7.14. The molecule has 1 saturated heterocycles. The Morgan fingerprint density at radius 2 is 2.16 bits per heavy atom. The lowest BCUT2D eigenvalue weighted by Crippen LogP contribution is -2.33. The van der Waals surface area contributed by atoms with Gasteiger partial charge in [-0.1, -0.05) is 13.0 Å². The van der Waals surface area contributed by atoms with Gasteiger partial charge in [-0.3, -0.25) is 0 Å². The van der Waals surface area contributed by atoms with E-state index in [1.165, 1.54) is 38.9 Å². The van der Waals surface area contributed by atoms with Gasteiger partial charge >= 0.3 is 0 Å². The van der Waals surface area contributed by atoms with Crippen molar-refractivity contribution in [3.63, 3.8) is 0 Å². The van der Waals surface area contributed by atoms with Gasteiger partial charge in [0, 0.05) is 10.4 Å². The second-order valence-electron chi connectivity index (χ2n) is 5.37. The van der Waals surface area contributed by atoms with Crippen LogP contribution in [0.1, 0.15) is 37.9 Å². The molecule has 1 N–H and O–H groups in total. The highest BCUT2D eigenvalue weighted by Crippen LogP contribution is 2.29. The number of hydrogen-bond donors (Lipinski definition) is 1. The molecular formula is C15H20BrN3. The van der Waals surface area contributed by atoms with Crippen LogP contribution in [0.25, 0.3) is 11.0 Å². The van der Waals surface area contributed by atoms with Gasteiger partial charge in [0.05, 0.1) is 5.52 Å². The largest absolute Gasteiger partial charge is 0.342 e. The topological polar surface area (TPSA) is 31.9 Å². The zero-order valence-electron chi connectivity index (χ0n) is 11.3. The quantitative estimate of drug-likeness (QED) is 0.929. The predicted molar refractivity (Wildman–Crippen MR) is 82.5 cm³/mol. The number of para-hydroxylation sites is 1. The van der Waals surface area contributed by atoms with Gasteiger partial charge in [-0.2, -0.15) is 0 Å². The van der Waals surface area contributed by atoms with Crippen molar-refractivity contribution in [3.8, 4) is 0 Å². The zero-order valence-corrected chi connectivity index (χ0v) is 12.9. The van der Waals surface area contributed by atoms with Gasteiger partial charge < -0.3 is 9.88 Å².